The number of pyridine rings is 1. The van der Waals surface area contributed by atoms with Crippen molar-refractivity contribution < 1.29 is 33.2 Å². The van der Waals surface area contributed by atoms with Crippen LogP contribution in [-0.2, 0) is 54.8 Å². The maximum Gasteiger partial charge on any atom is 0.359 e. The van der Waals surface area contributed by atoms with Gasteiger partial charge in [0.25, 0.3) is 0 Å². The van der Waals surface area contributed by atoms with Crippen molar-refractivity contribution in [3.05, 3.63) is 174 Å². The van der Waals surface area contributed by atoms with Crippen molar-refractivity contribution in [3.63, 3.8) is 0 Å². The van der Waals surface area contributed by atoms with Gasteiger partial charge in [-0.05, 0) is 34.4 Å². The van der Waals surface area contributed by atoms with Gasteiger partial charge in [0.1, 0.15) is 30.1 Å². The van der Waals surface area contributed by atoms with E-state index in [1.165, 1.54) is 0 Å². The summed E-state index contributed by atoms with van der Waals surface area (Å²) >= 11 is 0. The molecule has 0 aliphatic carbocycles. The SMILES string of the molecule is O=C(OC1O[C@H](COCc2ccccc2)[C@@H](OCc2ccccc2)[C@H](OCc2ccccc2)[C@@H]1OCc1ccccc1)c1ccccn1. The molecule has 6 rings (SSSR count). The average molecular weight is 646 g/mol. The molecule has 48 heavy (non-hydrogen) atoms. The van der Waals surface area contributed by atoms with Crippen LogP contribution in [0.25, 0.3) is 0 Å². The molecule has 1 aliphatic heterocycles. The number of ether oxygens (including phenoxy) is 6. The lowest BCUT2D eigenvalue weighted by atomic mass is 9.97. The van der Waals surface area contributed by atoms with E-state index in [0.29, 0.717) is 13.2 Å². The van der Waals surface area contributed by atoms with Crippen LogP contribution in [0.4, 0.5) is 0 Å². The summed E-state index contributed by atoms with van der Waals surface area (Å²) < 4.78 is 38.7. The summed E-state index contributed by atoms with van der Waals surface area (Å²) in [7, 11) is 0. The number of benzene rings is 4. The molecular formula is C40H39NO7. The maximum absolute atomic E-state index is 13.4. The molecule has 1 unspecified atom stereocenters. The van der Waals surface area contributed by atoms with Crippen molar-refractivity contribution in [2.75, 3.05) is 6.61 Å². The molecule has 246 valence electrons. The zero-order valence-corrected chi connectivity index (χ0v) is 26.6. The topological polar surface area (TPSA) is 85.3 Å². The number of esters is 1. The normalized spacial score (nSPS) is 20.6. The van der Waals surface area contributed by atoms with Crippen molar-refractivity contribution in [2.45, 2.75) is 57.1 Å². The van der Waals surface area contributed by atoms with Crippen molar-refractivity contribution in [1.29, 1.82) is 0 Å². The van der Waals surface area contributed by atoms with Crippen LogP contribution in [0.1, 0.15) is 32.7 Å². The zero-order valence-electron chi connectivity index (χ0n) is 26.6. The molecule has 0 N–H and O–H groups in total. The Morgan fingerprint density at radius 2 is 1.00 bits per heavy atom. The van der Waals surface area contributed by atoms with E-state index < -0.39 is 36.7 Å². The summed E-state index contributed by atoms with van der Waals surface area (Å²) in [5.41, 5.74) is 4.10. The van der Waals surface area contributed by atoms with E-state index in [1.54, 1.807) is 24.4 Å². The zero-order chi connectivity index (χ0) is 32.8. The first kappa shape index (κ1) is 33.2. The fraction of sp³-hybridized carbons (Fsp3) is 0.250. The lowest BCUT2D eigenvalue weighted by molar-refractivity contribution is -0.315. The molecule has 2 heterocycles. The highest BCUT2D eigenvalue weighted by molar-refractivity contribution is 5.87. The second-order valence-corrected chi connectivity index (χ2v) is 11.4. The van der Waals surface area contributed by atoms with E-state index in [4.69, 9.17) is 28.4 Å². The molecule has 0 amide bonds. The highest BCUT2D eigenvalue weighted by Gasteiger charge is 2.50. The van der Waals surface area contributed by atoms with Crippen LogP contribution in [0.3, 0.4) is 0 Å². The summed E-state index contributed by atoms with van der Waals surface area (Å²) in [4.78, 5) is 17.6. The van der Waals surface area contributed by atoms with Crippen LogP contribution in [0.2, 0.25) is 0 Å². The van der Waals surface area contributed by atoms with E-state index >= 15 is 0 Å². The average Bonchev–Trinajstić information content (AvgIpc) is 3.15. The Morgan fingerprint density at radius 3 is 1.50 bits per heavy atom. The summed E-state index contributed by atoms with van der Waals surface area (Å²) in [5.74, 6) is -0.636. The predicted octanol–water partition coefficient (Wildman–Crippen LogP) is 6.94. The van der Waals surface area contributed by atoms with Crippen molar-refractivity contribution >= 4 is 5.97 Å². The lowest BCUT2D eigenvalue weighted by Crippen LogP contribution is -2.62. The molecule has 8 nitrogen and oxygen atoms in total. The number of carbonyl (C=O) groups is 1. The van der Waals surface area contributed by atoms with E-state index in [0.717, 1.165) is 22.3 Å². The van der Waals surface area contributed by atoms with E-state index in [2.05, 4.69) is 4.98 Å². The fourth-order valence-electron chi connectivity index (χ4n) is 5.49. The number of carbonyl (C=O) groups excluding carboxylic acids is 1. The maximum atomic E-state index is 13.4. The minimum atomic E-state index is -1.15. The Bertz CT molecular complexity index is 1640. The van der Waals surface area contributed by atoms with Gasteiger partial charge in [-0.2, -0.15) is 0 Å². The minimum Gasteiger partial charge on any atom is -0.428 e. The Balaban J connectivity index is 1.32. The molecule has 0 radical (unpaired) electrons. The first-order valence-corrected chi connectivity index (χ1v) is 16.1. The standard InChI is InChI=1S/C40H39NO7/c42-39(34-23-13-14-24-41-34)48-40-38(46-28-33-21-11-4-12-22-33)37(45-27-32-19-9-3-10-20-32)36(44-26-31-17-7-2-8-18-31)35(47-40)29-43-25-30-15-5-1-6-16-30/h1-24,35-38,40H,25-29H2/t35-,36-,37+,38+,40?/m1/s1. The lowest BCUT2D eigenvalue weighted by Gasteiger charge is -2.45. The van der Waals surface area contributed by atoms with Gasteiger partial charge in [-0.25, -0.2) is 9.78 Å². The second kappa shape index (κ2) is 17.5. The van der Waals surface area contributed by atoms with Gasteiger partial charge in [-0.15, -0.1) is 0 Å². The summed E-state index contributed by atoms with van der Waals surface area (Å²) in [6.45, 7) is 1.34. The molecule has 5 aromatic rings. The molecule has 1 aliphatic rings. The molecule has 0 saturated carbocycles. The molecule has 1 aromatic heterocycles. The van der Waals surface area contributed by atoms with Gasteiger partial charge in [-0.1, -0.05) is 127 Å². The summed E-state index contributed by atoms with van der Waals surface area (Å²) in [5, 5.41) is 0. The van der Waals surface area contributed by atoms with Gasteiger partial charge in [-0.3, -0.25) is 0 Å². The molecule has 0 spiro atoms. The number of aromatic nitrogens is 1. The Morgan fingerprint density at radius 1 is 0.542 bits per heavy atom. The predicted molar refractivity (Wildman–Crippen MR) is 179 cm³/mol. The van der Waals surface area contributed by atoms with Gasteiger partial charge in [0, 0.05) is 6.20 Å². The van der Waals surface area contributed by atoms with Gasteiger partial charge in [0.2, 0.25) is 6.29 Å². The van der Waals surface area contributed by atoms with Gasteiger partial charge in [0.05, 0.1) is 33.0 Å². The fourth-order valence-corrected chi connectivity index (χ4v) is 5.49. The summed E-state index contributed by atoms with van der Waals surface area (Å²) in [6, 6.07) is 44.6. The van der Waals surface area contributed by atoms with Gasteiger partial charge >= 0.3 is 5.97 Å². The van der Waals surface area contributed by atoms with Crippen molar-refractivity contribution in [2.24, 2.45) is 0 Å². The monoisotopic (exact) mass is 645 g/mol. The van der Waals surface area contributed by atoms with Crippen LogP contribution >= 0.6 is 0 Å². The minimum absolute atomic E-state index is 0.155. The van der Waals surface area contributed by atoms with Crippen LogP contribution < -0.4 is 0 Å². The number of rotatable bonds is 15. The number of hydrogen-bond acceptors (Lipinski definition) is 8. The molecule has 4 aromatic carbocycles. The quantitative estimate of drug-likeness (QED) is 0.113. The third-order valence-electron chi connectivity index (χ3n) is 7.94. The third kappa shape index (κ3) is 9.44. The molecular weight excluding hydrogens is 606 g/mol. The van der Waals surface area contributed by atoms with E-state index in [-0.39, 0.29) is 25.5 Å². The second-order valence-electron chi connectivity index (χ2n) is 11.4. The van der Waals surface area contributed by atoms with Crippen LogP contribution in [0.15, 0.2) is 146 Å². The van der Waals surface area contributed by atoms with Crippen LogP contribution in [0.5, 0.6) is 0 Å². The van der Waals surface area contributed by atoms with E-state index in [9.17, 15) is 4.79 Å². The number of hydrogen-bond donors (Lipinski definition) is 0. The molecule has 5 atom stereocenters. The van der Waals surface area contributed by atoms with Gasteiger partial charge in [0.15, 0.2) is 0 Å². The molecule has 1 fully saturated rings. The third-order valence-corrected chi connectivity index (χ3v) is 7.94. The van der Waals surface area contributed by atoms with Crippen molar-refractivity contribution in [3.8, 4) is 0 Å². The van der Waals surface area contributed by atoms with Crippen LogP contribution in [0, 0.1) is 0 Å². The highest BCUT2D eigenvalue weighted by Crippen LogP contribution is 2.32. The highest BCUT2D eigenvalue weighted by atomic mass is 16.7. The first-order chi connectivity index (χ1) is 23.7. The van der Waals surface area contributed by atoms with E-state index in [1.807, 2.05) is 121 Å². The number of nitrogens with zero attached hydrogens (tertiary/aromatic N) is 1. The Hall–Kier alpha value is -4.70. The first-order valence-electron chi connectivity index (χ1n) is 16.1. The van der Waals surface area contributed by atoms with Gasteiger partial charge < -0.3 is 28.4 Å². The Labute approximate surface area is 281 Å². The summed E-state index contributed by atoms with van der Waals surface area (Å²) in [6.07, 6.45) is -2.48. The Kier molecular flexibility index (Phi) is 12.1. The van der Waals surface area contributed by atoms with Crippen LogP contribution in [-0.4, -0.2) is 48.3 Å². The van der Waals surface area contributed by atoms with Crippen molar-refractivity contribution in [1.82, 2.24) is 4.98 Å². The molecule has 0 bridgehead atoms. The molecule has 1 saturated heterocycles. The smallest absolute Gasteiger partial charge is 0.359 e. The molecule has 8 heteroatoms. The largest absolute Gasteiger partial charge is 0.428 e.